The topological polar surface area (TPSA) is 75.3 Å². The van der Waals surface area contributed by atoms with Crippen LogP contribution in [0.4, 0.5) is 0 Å². The molecule has 0 radical (unpaired) electrons. The van der Waals surface area contributed by atoms with E-state index < -0.39 is 16.1 Å². The molecular formula is C11H12Br2N2O3S. The maximum Gasteiger partial charge on any atom is 0.242 e. The summed E-state index contributed by atoms with van der Waals surface area (Å²) in [4.78, 5) is 11.2. The van der Waals surface area contributed by atoms with E-state index in [-0.39, 0.29) is 17.2 Å². The molecule has 1 saturated heterocycles. The van der Waals surface area contributed by atoms with Crippen molar-refractivity contribution in [2.45, 2.75) is 24.3 Å². The zero-order valence-corrected chi connectivity index (χ0v) is 14.0. The number of aryl methyl sites for hydroxylation is 1. The molecule has 1 unspecified atom stereocenters. The van der Waals surface area contributed by atoms with Gasteiger partial charge in [0.15, 0.2) is 0 Å². The van der Waals surface area contributed by atoms with E-state index in [2.05, 4.69) is 41.9 Å². The van der Waals surface area contributed by atoms with Crippen LogP contribution in [-0.4, -0.2) is 26.9 Å². The second-order valence-electron chi connectivity index (χ2n) is 4.36. The van der Waals surface area contributed by atoms with Crippen molar-refractivity contribution in [3.05, 3.63) is 26.6 Å². The fraction of sp³-hybridized carbons (Fsp3) is 0.364. The van der Waals surface area contributed by atoms with Gasteiger partial charge in [-0.3, -0.25) is 4.79 Å². The molecule has 1 aromatic carbocycles. The minimum absolute atomic E-state index is 0.142. The van der Waals surface area contributed by atoms with Gasteiger partial charge in [-0.2, -0.15) is 0 Å². The van der Waals surface area contributed by atoms with Crippen LogP contribution >= 0.6 is 31.9 Å². The number of hydrogen-bond acceptors (Lipinski definition) is 3. The van der Waals surface area contributed by atoms with E-state index in [9.17, 15) is 13.2 Å². The van der Waals surface area contributed by atoms with Crippen LogP contribution in [0.2, 0.25) is 0 Å². The summed E-state index contributed by atoms with van der Waals surface area (Å²) in [5.41, 5.74) is 0.934. The van der Waals surface area contributed by atoms with Crippen molar-refractivity contribution in [2.75, 3.05) is 6.54 Å². The molecule has 0 spiro atoms. The monoisotopic (exact) mass is 410 g/mol. The zero-order chi connectivity index (χ0) is 14.2. The molecule has 1 fully saturated rings. The number of nitrogens with one attached hydrogen (secondary N) is 2. The highest BCUT2D eigenvalue weighted by molar-refractivity contribution is 9.11. The van der Waals surface area contributed by atoms with E-state index in [1.165, 1.54) is 0 Å². The van der Waals surface area contributed by atoms with Crippen molar-refractivity contribution < 1.29 is 13.2 Å². The molecule has 0 bridgehead atoms. The van der Waals surface area contributed by atoms with E-state index in [1.54, 1.807) is 12.1 Å². The first-order chi connectivity index (χ1) is 8.79. The van der Waals surface area contributed by atoms with Gasteiger partial charge in [-0.05, 0) is 40.5 Å². The summed E-state index contributed by atoms with van der Waals surface area (Å²) in [6.07, 6.45) is 0.171. The van der Waals surface area contributed by atoms with Gasteiger partial charge in [-0.1, -0.05) is 15.9 Å². The van der Waals surface area contributed by atoms with Crippen LogP contribution in [-0.2, 0) is 14.8 Å². The second kappa shape index (κ2) is 5.51. The van der Waals surface area contributed by atoms with E-state index in [0.29, 0.717) is 11.0 Å². The molecule has 19 heavy (non-hydrogen) atoms. The zero-order valence-electron chi connectivity index (χ0n) is 10.0. The Morgan fingerprint density at radius 2 is 2.00 bits per heavy atom. The average Bonchev–Trinajstić information content (AvgIpc) is 2.68. The van der Waals surface area contributed by atoms with Gasteiger partial charge in [0.25, 0.3) is 0 Å². The smallest absolute Gasteiger partial charge is 0.242 e. The molecule has 1 aromatic rings. The summed E-state index contributed by atoms with van der Waals surface area (Å²) in [6.45, 7) is 2.20. The average molecular weight is 412 g/mol. The van der Waals surface area contributed by atoms with Crippen molar-refractivity contribution in [2.24, 2.45) is 0 Å². The summed E-state index contributed by atoms with van der Waals surface area (Å²) in [7, 11) is -3.66. The van der Waals surface area contributed by atoms with Crippen LogP contribution in [0.3, 0.4) is 0 Å². The minimum atomic E-state index is -3.66. The lowest BCUT2D eigenvalue weighted by atomic mass is 10.2. The van der Waals surface area contributed by atoms with Crippen LogP contribution in [0.1, 0.15) is 12.0 Å². The Hall–Kier alpha value is -0.440. The SMILES string of the molecule is Cc1cc(Br)c(S(=O)(=O)NC2CNC(=O)C2)cc1Br. The molecule has 5 nitrogen and oxygen atoms in total. The third-order valence-electron chi connectivity index (χ3n) is 2.80. The number of benzene rings is 1. The lowest BCUT2D eigenvalue weighted by molar-refractivity contribution is -0.119. The summed E-state index contributed by atoms with van der Waals surface area (Å²) < 4.78 is 28.3. The number of halogens is 2. The molecule has 0 saturated carbocycles. The number of carbonyl (C=O) groups is 1. The molecule has 1 aliphatic heterocycles. The third kappa shape index (κ3) is 3.36. The predicted molar refractivity (Wildman–Crippen MR) is 78.3 cm³/mol. The number of sulfonamides is 1. The maximum absolute atomic E-state index is 12.3. The van der Waals surface area contributed by atoms with Crippen molar-refractivity contribution in [1.29, 1.82) is 0 Å². The van der Waals surface area contributed by atoms with Crippen LogP contribution in [0.15, 0.2) is 26.0 Å². The number of amides is 1. The lowest BCUT2D eigenvalue weighted by Crippen LogP contribution is -2.36. The molecule has 2 N–H and O–H groups in total. The number of hydrogen-bond donors (Lipinski definition) is 2. The van der Waals surface area contributed by atoms with E-state index in [0.717, 1.165) is 10.0 Å². The first-order valence-corrected chi connectivity index (χ1v) is 8.61. The number of carbonyl (C=O) groups excluding carboxylic acids is 1. The molecule has 2 rings (SSSR count). The van der Waals surface area contributed by atoms with Gasteiger partial charge in [0.05, 0.1) is 4.90 Å². The summed E-state index contributed by atoms with van der Waals surface area (Å²) >= 11 is 6.57. The Labute approximate surface area is 128 Å². The highest BCUT2D eigenvalue weighted by Gasteiger charge is 2.28. The van der Waals surface area contributed by atoms with Crippen LogP contribution in [0, 0.1) is 6.92 Å². The molecule has 1 atom stereocenters. The summed E-state index contributed by atoms with van der Waals surface area (Å²) in [5, 5.41) is 2.59. The molecule has 1 heterocycles. The molecular weight excluding hydrogens is 400 g/mol. The van der Waals surface area contributed by atoms with Gasteiger partial charge >= 0.3 is 0 Å². The van der Waals surface area contributed by atoms with Gasteiger partial charge < -0.3 is 5.32 Å². The van der Waals surface area contributed by atoms with Crippen molar-refractivity contribution in [3.8, 4) is 0 Å². The Bertz CT molecular complexity index is 631. The van der Waals surface area contributed by atoms with Crippen molar-refractivity contribution >= 4 is 47.8 Å². The van der Waals surface area contributed by atoms with Gasteiger partial charge in [-0.25, -0.2) is 13.1 Å². The fourth-order valence-corrected chi connectivity index (χ4v) is 4.72. The Kier molecular flexibility index (Phi) is 4.34. The van der Waals surface area contributed by atoms with Gasteiger partial charge in [0.2, 0.25) is 15.9 Å². The predicted octanol–water partition coefficient (Wildman–Crippen LogP) is 1.69. The molecule has 0 aliphatic carbocycles. The Morgan fingerprint density at radius 1 is 1.32 bits per heavy atom. The standard InChI is InChI=1S/C11H12Br2N2O3S/c1-6-2-9(13)10(4-8(6)12)19(17,18)15-7-3-11(16)14-5-7/h2,4,7,15H,3,5H2,1H3,(H,14,16). The van der Waals surface area contributed by atoms with Gasteiger partial charge in [0, 0.05) is 28.0 Å². The van der Waals surface area contributed by atoms with E-state index in [4.69, 9.17) is 0 Å². The van der Waals surface area contributed by atoms with E-state index >= 15 is 0 Å². The van der Waals surface area contributed by atoms with Crippen molar-refractivity contribution in [1.82, 2.24) is 10.0 Å². The highest BCUT2D eigenvalue weighted by atomic mass is 79.9. The summed E-state index contributed by atoms with van der Waals surface area (Å²) in [5.74, 6) is -0.142. The van der Waals surface area contributed by atoms with Gasteiger partial charge in [0.1, 0.15) is 0 Å². The molecule has 8 heteroatoms. The van der Waals surface area contributed by atoms with Gasteiger partial charge in [-0.15, -0.1) is 0 Å². The minimum Gasteiger partial charge on any atom is -0.354 e. The van der Waals surface area contributed by atoms with Crippen molar-refractivity contribution in [3.63, 3.8) is 0 Å². The van der Waals surface area contributed by atoms with E-state index in [1.807, 2.05) is 6.92 Å². The summed E-state index contributed by atoms with van der Waals surface area (Å²) in [6, 6.07) is 2.88. The quantitative estimate of drug-likeness (QED) is 0.794. The Morgan fingerprint density at radius 3 is 2.58 bits per heavy atom. The molecule has 1 aliphatic rings. The first-order valence-electron chi connectivity index (χ1n) is 5.54. The highest BCUT2D eigenvalue weighted by Crippen LogP contribution is 2.29. The lowest BCUT2D eigenvalue weighted by Gasteiger charge is -2.13. The molecule has 1 amide bonds. The number of rotatable bonds is 3. The maximum atomic E-state index is 12.3. The fourth-order valence-electron chi connectivity index (χ4n) is 1.81. The second-order valence-corrected chi connectivity index (χ2v) is 7.75. The molecule has 104 valence electrons. The van der Waals surface area contributed by atoms with Crippen LogP contribution < -0.4 is 10.0 Å². The first kappa shape index (κ1) is 15.0. The molecule has 0 aromatic heterocycles. The largest absolute Gasteiger partial charge is 0.354 e. The third-order valence-corrected chi connectivity index (χ3v) is 6.14. The van der Waals surface area contributed by atoms with Crippen LogP contribution in [0.5, 0.6) is 0 Å². The van der Waals surface area contributed by atoms with Crippen LogP contribution in [0.25, 0.3) is 0 Å². The normalized spacial score (nSPS) is 19.5. The Balaban J connectivity index is 2.29.